The summed E-state index contributed by atoms with van der Waals surface area (Å²) in [7, 11) is 6.54. The van der Waals surface area contributed by atoms with Crippen LogP contribution >= 0.6 is 18.6 Å². The van der Waals surface area contributed by atoms with Gasteiger partial charge in [-0.15, -0.1) is 11.4 Å². The van der Waals surface area contributed by atoms with E-state index in [1.54, 1.807) is 0 Å². The summed E-state index contributed by atoms with van der Waals surface area (Å²) >= 11 is -0.556. The van der Waals surface area contributed by atoms with Gasteiger partial charge in [0.2, 0.25) is 0 Å². The Labute approximate surface area is 184 Å². The molecule has 0 atom stereocenters. The molecule has 0 N–H and O–H groups in total. The summed E-state index contributed by atoms with van der Waals surface area (Å²) in [5, 5.41) is 0. The molecule has 0 bridgehead atoms. The molecule has 2 aromatic rings. The number of halogens is 2. The molecular formula is C20H30Cl2N2Si2Ti-2. The van der Waals surface area contributed by atoms with E-state index in [1.165, 1.54) is 34.6 Å². The standard InChI is InChI=1S/C20H30N2Si2.2ClH.Ti/c1-17-11-7-9-13-19(17)21-23(3,4)15-16-24(5,6)22-20-14-10-8-12-18(20)2;;;/h7-14H,15-16H2,1-6H3;2*1H;/q-2;;;+2/p-2. The molecule has 7 heteroatoms. The minimum atomic E-state index is -1.62. The van der Waals surface area contributed by atoms with Gasteiger partial charge >= 0.3 is 35.6 Å². The molecule has 27 heavy (non-hydrogen) atoms. The molecule has 0 unspecified atom stereocenters. The molecule has 0 saturated heterocycles. The van der Waals surface area contributed by atoms with Crippen LogP contribution in [0, 0.1) is 13.8 Å². The van der Waals surface area contributed by atoms with Crippen molar-refractivity contribution in [1.29, 1.82) is 0 Å². The van der Waals surface area contributed by atoms with Gasteiger partial charge in [0.25, 0.3) is 0 Å². The summed E-state index contributed by atoms with van der Waals surface area (Å²) in [4.78, 5) is 10.3. The Balaban J connectivity index is 0.00000114. The van der Waals surface area contributed by atoms with E-state index in [1.807, 2.05) is 0 Å². The Morgan fingerprint density at radius 2 is 1.00 bits per heavy atom. The molecule has 0 fully saturated rings. The number of benzene rings is 2. The maximum absolute atomic E-state index is 5.14. The molecule has 0 radical (unpaired) electrons. The summed E-state index contributed by atoms with van der Waals surface area (Å²) in [5.41, 5.74) is 4.90. The summed E-state index contributed by atoms with van der Waals surface area (Å²) < 4.78 is 0. The summed E-state index contributed by atoms with van der Waals surface area (Å²) in [6, 6.07) is 19.3. The van der Waals surface area contributed by atoms with Crippen molar-refractivity contribution in [3.05, 3.63) is 69.6 Å². The third-order valence-corrected chi connectivity index (χ3v) is 9.57. The average Bonchev–Trinajstić information content (AvgIpc) is 2.58. The van der Waals surface area contributed by atoms with Gasteiger partial charge in [-0.05, 0) is 30.3 Å². The molecule has 0 aromatic heterocycles. The summed E-state index contributed by atoms with van der Waals surface area (Å²) in [5.74, 6) is 0. The van der Waals surface area contributed by atoms with Gasteiger partial charge in [-0.2, -0.15) is 0 Å². The summed E-state index contributed by atoms with van der Waals surface area (Å²) in [6.07, 6.45) is 0. The van der Waals surface area contributed by atoms with E-state index in [0.717, 1.165) is 0 Å². The molecule has 0 heterocycles. The van der Waals surface area contributed by atoms with Crippen molar-refractivity contribution in [3.8, 4) is 0 Å². The van der Waals surface area contributed by atoms with Crippen LogP contribution in [0.3, 0.4) is 0 Å². The molecule has 2 rings (SSSR count). The quantitative estimate of drug-likeness (QED) is 0.360. The van der Waals surface area contributed by atoms with Crippen molar-refractivity contribution in [2.24, 2.45) is 0 Å². The van der Waals surface area contributed by atoms with Crippen LogP contribution in [0.15, 0.2) is 48.5 Å². The maximum atomic E-state index is 5.14. The van der Waals surface area contributed by atoms with Gasteiger partial charge in [0.1, 0.15) is 0 Å². The molecular weight excluding hydrogens is 443 g/mol. The van der Waals surface area contributed by atoms with E-state index in [4.69, 9.17) is 28.6 Å². The molecule has 0 aliphatic rings. The van der Waals surface area contributed by atoms with Crippen molar-refractivity contribution < 1.29 is 17.0 Å². The first-order chi connectivity index (χ1) is 12.6. The number of hydrogen-bond acceptors (Lipinski definition) is 0. The fourth-order valence-electron chi connectivity index (χ4n) is 2.75. The van der Waals surface area contributed by atoms with E-state index >= 15 is 0 Å². The molecule has 0 aliphatic heterocycles. The second kappa shape index (κ2) is 11.7. The predicted octanol–water partition coefficient (Wildman–Crippen LogP) is 8.80. The molecule has 0 aliphatic carbocycles. The van der Waals surface area contributed by atoms with E-state index in [9.17, 15) is 0 Å². The van der Waals surface area contributed by atoms with Crippen molar-refractivity contribution in [2.45, 2.75) is 52.1 Å². The van der Waals surface area contributed by atoms with Crippen LogP contribution in [0.5, 0.6) is 0 Å². The van der Waals surface area contributed by atoms with Gasteiger partial charge in [0, 0.05) is 0 Å². The normalized spacial score (nSPS) is 11.3. The van der Waals surface area contributed by atoms with Crippen molar-refractivity contribution >= 4 is 46.5 Å². The van der Waals surface area contributed by atoms with E-state index in [0.29, 0.717) is 0 Å². The van der Waals surface area contributed by atoms with Crippen LogP contribution in [0.2, 0.25) is 38.3 Å². The number of hydrogen-bond donors (Lipinski definition) is 0. The van der Waals surface area contributed by atoms with Crippen molar-refractivity contribution in [1.82, 2.24) is 0 Å². The molecule has 0 amide bonds. The van der Waals surface area contributed by atoms with Gasteiger partial charge in [-0.1, -0.05) is 97.9 Å². The van der Waals surface area contributed by atoms with Gasteiger partial charge < -0.3 is 9.96 Å². The third-order valence-electron chi connectivity index (χ3n) is 4.43. The second-order valence-electron chi connectivity index (χ2n) is 7.99. The van der Waals surface area contributed by atoms with Crippen LogP contribution in [0.25, 0.3) is 9.96 Å². The number of nitrogens with zero attached hydrogens (tertiary/aromatic N) is 2. The zero-order chi connectivity index (χ0) is 20.5. The minimum absolute atomic E-state index is 0.556. The van der Waals surface area contributed by atoms with Crippen LogP contribution in [-0.2, 0) is 17.0 Å². The molecule has 148 valence electrons. The summed E-state index contributed by atoms with van der Waals surface area (Å²) in [6.45, 7) is 13.8. The van der Waals surface area contributed by atoms with Crippen molar-refractivity contribution in [3.63, 3.8) is 0 Å². The van der Waals surface area contributed by atoms with Gasteiger partial charge in [-0.25, -0.2) is 0 Å². The van der Waals surface area contributed by atoms with Crippen LogP contribution in [0.1, 0.15) is 11.1 Å². The Kier molecular flexibility index (Phi) is 10.7. The van der Waals surface area contributed by atoms with E-state index in [-0.39, 0.29) is 0 Å². The molecule has 0 saturated carbocycles. The van der Waals surface area contributed by atoms with E-state index in [2.05, 4.69) is 88.6 Å². The predicted molar refractivity (Wildman–Crippen MR) is 125 cm³/mol. The van der Waals surface area contributed by atoms with Gasteiger partial charge in [0.05, 0.1) is 0 Å². The Bertz CT molecular complexity index is 652. The first-order valence-electron chi connectivity index (χ1n) is 9.13. The van der Waals surface area contributed by atoms with Crippen LogP contribution in [-0.4, -0.2) is 16.5 Å². The molecule has 2 nitrogen and oxygen atoms in total. The van der Waals surface area contributed by atoms with Crippen LogP contribution in [0.4, 0.5) is 11.4 Å². The monoisotopic (exact) mass is 472 g/mol. The van der Waals surface area contributed by atoms with Gasteiger partial charge in [-0.3, -0.25) is 0 Å². The SMILES string of the molecule is Cc1ccccc1[N-][Si](C)(C)CC[Si](C)(C)[N-]c1ccccc1C.[Cl][Ti][Cl]. The fraction of sp³-hybridized carbons (Fsp3) is 0.400. The zero-order valence-corrected chi connectivity index (χ0v) is 22.3. The third kappa shape index (κ3) is 9.69. The average molecular weight is 473 g/mol. The van der Waals surface area contributed by atoms with Crippen molar-refractivity contribution in [2.75, 3.05) is 0 Å². The number of rotatable bonds is 7. The van der Waals surface area contributed by atoms with E-state index < -0.39 is 33.5 Å². The molecule has 0 spiro atoms. The topological polar surface area (TPSA) is 28.2 Å². The van der Waals surface area contributed by atoms with Crippen LogP contribution < -0.4 is 0 Å². The Morgan fingerprint density at radius 1 is 0.704 bits per heavy atom. The zero-order valence-electron chi connectivity index (χ0n) is 17.2. The first-order valence-corrected chi connectivity index (χ1v) is 19.7. The van der Waals surface area contributed by atoms with Gasteiger partial charge in [0.15, 0.2) is 0 Å². The molecule has 2 aromatic carbocycles. The second-order valence-corrected chi connectivity index (χ2v) is 19.3. The Morgan fingerprint density at radius 3 is 1.30 bits per heavy atom. The fourth-order valence-corrected chi connectivity index (χ4v) is 9.68. The Hall–Kier alpha value is -0.232. The number of aryl methyl sites for hydroxylation is 2. The first kappa shape index (κ1) is 24.8.